The number of hydrogen-bond donors (Lipinski definition) is 1. The molecule has 0 aliphatic heterocycles. The highest BCUT2D eigenvalue weighted by Crippen LogP contribution is 2.30. The standard InChI is InChI=1S/C21H24ClN3O2/c1-26-13-5-12-23-14-16-15-25(17-8-10-18(27-2)11-9-17)24-21(16)19-6-3-4-7-20(19)22/h3-4,6-11,15,23H,5,12-14H2,1-2H3. The van der Waals surface area contributed by atoms with Crippen LogP contribution in [-0.2, 0) is 11.3 Å². The summed E-state index contributed by atoms with van der Waals surface area (Å²) in [5.74, 6) is 0.817. The second-order valence-corrected chi connectivity index (χ2v) is 6.56. The SMILES string of the molecule is COCCCNCc1cn(-c2ccc(OC)cc2)nc1-c1ccccc1Cl. The molecule has 3 aromatic rings. The van der Waals surface area contributed by atoms with Gasteiger partial charge in [-0.1, -0.05) is 29.8 Å². The molecule has 0 unspecified atom stereocenters. The number of nitrogens with one attached hydrogen (secondary N) is 1. The van der Waals surface area contributed by atoms with E-state index in [1.54, 1.807) is 14.2 Å². The van der Waals surface area contributed by atoms with Crippen LogP contribution in [0.4, 0.5) is 0 Å². The number of aromatic nitrogens is 2. The number of hydrogen-bond acceptors (Lipinski definition) is 4. The van der Waals surface area contributed by atoms with E-state index in [1.165, 1.54) is 0 Å². The Morgan fingerprint density at radius 1 is 1.07 bits per heavy atom. The highest BCUT2D eigenvalue weighted by Gasteiger charge is 2.14. The maximum atomic E-state index is 6.43. The molecule has 0 atom stereocenters. The quantitative estimate of drug-likeness (QED) is 0.557. The van der Waals surface area contributed by atoms with E-state index in [1.807, 2.05) is 59.4 Å². The van der Waals surface area contributed by atoms with Crippen molar-refractivity contribution < 1.29 is 9.47 Å². The zero-order chi connectivity index (χ0) is 19.1. The van der Waals surface area contributed by atoms with Crippen LogP contribution in [0.2, 0.25) is 5.02 Å². The molecular weight excluding hydrogens is 362 g/mol. The van der Waals surface area contributed by atoms with Gasteiger partial charge in [-0.25, -0.2) is 4.68 Å². The molecule has 0 radical (unpaired) electrons. The van der Waals surface area contributed by atoms with Crippen LogP contribution in [0, 0.1) is 0 Å². The summed E-state index contributed by atoms with van der Waals surface area (Å²) in [6.07, 6.45) is 3.01. The van der Waals surface area contributed by atoms with Gasteiger partial charge in [0.15, 0.2) is 0 Å². The lowest BCUT2D eigenvalue weighted by atomic mass is 10.1. The molecule has 6 heteroatoms. The van der Waals surface area contributed by atoms with Crippen molar-refractivity contribution >= 4 is 11.6 Å². The monoisotopic (exact) mass is 385 g/mol. The van der Waals surface area contributed by atoms with Gasteiger partial charge >= 0.3 is 0 Å². The molecule has 5 nitrogen and oxygen atoms in total. The van der Waals surface area contributed by atoms with Crippen LogP contribution >= 0.6 is 11.6 Å². The minimum atomic E-state index is 0.693. The van der Waals surface area contributed by atoms with Crippen molar-refractivity contribution in [2.75, 3.05) is 27.4 Å². The molecule has 0 bridgehead atoms. The highest BCUT2D eigenvalue weighted by molar-refractivity contribution is 6.33. The second kappa shape index (κ2) is 9.55. The molecule has 0 saturated heterocycles. The van der Waals surface area contributed by atoms with Crippen molar-refractivity contribution in [3.8, 4) is 22.7 Å². The van der Waals surface area contributed by atoms with Gasteiger partial charge < -0.3 is 14.8 Å². The first kappa shape index (κ1) is 19.4. The van der Waals surface area contributed by atoms with Crippen LogP contribution in [0.25, 0.3) is 16.9 Å². The Morgan fingerprint density at radius 2 is 1.85 bits per heavy atom. The molecule has 142 valence electrons. The van der Waals surface area contributed by atoms with E-state index >= 15 is 0 Å². The average molecular weight is 386 g/mol. The number of benzene rings is 2. The van der Waals surface area contributed by atoms with Gasteiger partial charge in [-0.2, -0.15) is 5.10 Å². The summed E-state index contributed by atoms with van der Waals surface area (Å²) in [6.45, 7) is 2.33. The molecule has 0 amide bonds. The Hall–Kier alpha value is -2.34. The second-order valence-electron chi connectivity index (χ2n) is 6.15. The molecule has 1 heterocycles. The molecule has 0 saturated carbocycles. The third-order valence-corrected chi connectivity index (χ3v) is 4.60. The molecular formula is C21H24ClN3O2. The number of ether oxygens (including phenoxy) is 2. The first-order valence-corrected chi connectivity index (χ1v) is 9.28. The van der Waals surface area contributed by atoms with Gasteiger partial charge in [-0.05, 0) is 43.3 Å². The molecule has 0 spiro atoms. The first-order chi connectivity index (χ1) is 13.2. The maximum absolute atomic E-state index is 6.43. The van der Waals surface area contributed by atoms with Gasteiger partial charge in [0.2, 0.25) is 0 Å². The lowest BCUT2D eigenvalue weighted by molar-refractivity contribution is 0.194. The van der Waals surface area contributed by atoms with Gasteiger partial charge in [-0.15, -0.1) is 0 Å². The molecule has 1 N–H and O–H groups in total. The maximum Gasteiger partial charge on any atom is 0.119 e. The van der Waals surface area contributed by atoms with Crippen LogP contribution in [0.1, 0.15) is 12.0 Å². The van der Waals surface area contributed by atoms with Crippen LogP contribution in [0.5, 0.6) is 5.75 Å². The Balaban J connectivity index is 1.89. The number of halogens is 1. The van der Waals surface area contributed by atoms with Crippen molar-refractivity contribution in [2.45, 2.75) is 13.0 Å². The van der Waals surface area contributed by atoms with Crippen LogP contribution in [0.3, 0.4) is 0 Å². The van der Waals surface area contributed by atoms with E-state index in [-0.39, 0.29) is 0 Å². The van der Waals surface area contributed by atoms with Crippen molar-refractivity contribution in [3.63, 3.8) is 0 Å². The summed E-state index contributed by atoms with van der Waals surface area (Å²) < 4.78 is 12.2. The van der Waals surface area contributed by atoms with Gasteiger partial charge in [0.25, 0.3) is 0 Å². The van der Waals surface area contributed by atoms with E-state index in [4.69, 9.17) is 26.2 Å². The highest BCUT2D eigenvalue weighted by atomic mass is 35.5. The molecule has 0 aliphatic carbocycles. The summed E-state index contributed by atoms with van der Waals surface area (Å²) in [7, 11) is 3.38. The van der Waals surface area contributed by atoms with E-state index in [0.717, 1.165) is 47.8 Å². The number of nitrogens with zero attached hydrogens (tertiary/aromatic N) is 2. The molecule has 27 heavy (non-hydrogen) atoms. The lowest BCUT2D eigenvalue weighted by Crippen LogP contribution is -2.16. The van der Waals surface area contributed by atoms with Crippen molar-refractivity contribution in [2.24, 2.45) is 0 Å². The van der Waals surface area contributed by atoms with Gasteiger partial charge in [0.1, 0.15) is 5.75 Å². The van der Waals surface area contributed by atoms with E-state index in [2.05, 4.69) is 5.32 Å². The number of methoxy groups -OCH3 is 2. The van der Waals surface area contributed by atoms with Crippen LogP contribution < -0.4 is 10.1 Å². The fourth-order valence-electron chi connectivity index (χ4n) is 2.85. The van der Waals surface area contributed by atoms with Crippen LogP contribution in [0.15, 0.2) is 54.7 Å². The van der Waals surface area contributed by atoms with Gasteiger partial charge in [0, 0.05) is 37.6 Å². The molecule has 2 aromatic carbocycles. The minimum Gasteiger partial charge on any atom is -0.497 e. The Morgan fingerprint density at radius 3 is 2.56 bits per heavy atom. The third-order valence-electron chi connectivity index (χ3n) is 4.27. The predicted octanol–water partition coefficient (Wildman–Crippen LogP) is 4.33. The van der Waals surface area contributed by atoms with E-state index in [9.17, 15) is 0 Å². The van der Waals surface area contributed by atoms with Gasteiger partial charge in [-0.3, -0.25) is 0 Å². The smallest absolute Gasteiger partial charge is 0.119 e. The van der Waals surface area contributed by atoms with Crippen LogP contribution in [-0.4, -0.2) is 37.2 Å². The Labute approximate surface area is 164 Å². The Kier molecular flexibility index (Phi) is 6.87. The fraction of sp³-hybridized carbons (Fsp3) is 0.286. The lowest BCUT2D eigenvalue weighted by Gasteiger charge is -2.06. The normalized spacial score (nSPS) is 10.9. The largest absolute Gasteiger partial charge is 0.497 e. The Bertz CT molecular complexity index is 862. The van der Waals surface area contributed by atoms with Crippen molar-refractivity contribution in [1.29, 1.82) is 0 Å². The van der Waals surface area contributed by atoms with Crippen molar-refractivity contribution in [3.05, 3.63) is 65.3 Å². The van der Waals surface area contributed by atoms with Gasteiger partial charge in [0.05, 0.1) is 23.5 Å². The minimum absolute atomic E-state index is 0.693. The summed E-state index contributed by atoms with van der Waals surface area (Å²) in [5, 5.41) is 8.95. The summed E-state index contributed by atoms with van der Waals surface area (Å²) >= 11 is 6.43. The first-order valence-electron chi connectivity index (χ1n) is 8.90. The summed E-state index contributed by atoms with van der Waals surface area (Å²) in [4.78, 5) is 0. The summed E-state index contributed by atoms with van der Waals surface area (Å²) in [5.41, 5.74) is 3.88. The van der Waals surface area contributed by atoms with E-state index < -0.39 is 0 Å². The molecule has 0 aliphatic rings. The fourth-order valence-corrected chi connectivity index (χ4v) is 3.08. The van der Waals surface area contributed by atoms with E-state index in [0.29, 0.717) is 11.6 Å². The average Bonchev–Trinajstić information content (AvgIpc) is 3.12. The molecule has 1 aromatic heterocycles. The third kappa shape index (κ3) is 4.89. The molecule has 3 rings (SSSR count). The van der Waals surface area contributed by atoms with Crippen molar-refractivity contribution in [1.82, 2.24) is 15.1 Å². The zero-order valence-corrected chi connectivity index (χ0v) is 16.4. The zero-order valence-electron chi connectivity index (χ0n) is 15.6. The molecule has 0 fully saturated rings. The number of rotatable bonds is 9. The predicted molar refractivity (Wildman–Crippen MR) is 109 cm³/mol. The topological polar surface area (TPSA) is 48.3 Å². The summed E-state index contributed by atoms with van der Waals surface area (Å²) in [6, 6.07) is 15.6.